The highest BCUT2D eigenvalue weighted by Gasteiger charge is 1.97. The van der Waals surface area contributed by atoms with Gasteiger partial charge in [0.1, 0.15) is 0 Å². The van der Waals surface area contributed by atoms with Gasteiger partial charge in [-0.2, -0.15) is 0 Å². The topological polar surface area (TPSA) is 0 Å². The van der Waals surface area contributed by atoms with Crippen molar-refractivity contribution in [1.82, 2.24) is 0 Å². The fourth-order valence-corrected chi connectivity index (χ4v) is 2.12. The number of rotatable bonds is 9. The largest absolute Gasteiger partial charge is 0.0952 e. The van der Waals surface area contributed by atoms with Crippen LogP contribution in [0.5, 0.6) is 0 Å². The molecule has 1 rings (SSSR count). The van der Waals surface area contributed by atoms with Crippen LogP contribution in [-0.2, 0) is 0 Å². The zero-order valence-corrected chi connectivity index (χ0v) is 12.6. The lowest BCUT2D eigenvalue weighted by molar-refractivity contribution is 0.674. The molecule has 0 radical (unpaired) electrons. The smallest absolute Gasteiger partial charge is 0.0230 e. The van der Waals surface area contributed by atoms with Crippen LogP contribution < -0.4 is 0 Å². The van der Waals surface area contributed by atoms with Crippen LogP contribution in [0.15, 0.2) is 43.0 Å². The average Bonchev–Trinajstić information content (AvgIpc) is 2.42. The molecule has 0 heterocycles. The third-order valence-electron chi connectivity index (χ3n) is 3.46. The Morgan fingerprint density at radius 1 is 1.00 bits per heavy atom. The molecule has 0 bridgehead atoms. The Kier molecular flexibility index (Phi) is 7.97. The van der Waals surface area contributed by atoms with Crippen molar-refractivity contribution in [2.24, 2.45) is 0 Å². The summed E-state index contributed by atoms with van der Waals surface area (Å²) in [5.74, 6) is 0. The van der Waals surface area contributed by atoms with Crippen molar-refractivity contribution in [2.75, 3.05) is 0 Å². The zero-order valence-electron chi connectivity index (χ0n) is 12.6. The minimum atomic E-state index is 1.06. The van der Waals surface area contributed by atoms with Gasteiger partial charge in [-0.1, -0.05) is 74.7 Å². The lowest BCUT2D eigenvalue weighted by Crippen LogP contribution is -1.83. The molecule has 0 aliphatic carbocycles. The van der Waals surface area contributed by atoms with Crippen LogP contribution in [0.2, 0.25) is 0 Å². The number of unbranched alkanes of at least 4 members (excludes halogenated alkanes) is 4. The molecule has 0 amide bonds. The van der Waals surface area contributed by atoms with Crippen LogP contribution >= 0.6 is 0 Å². The maximum atomic E-state index is 4.18. The van der Waals surface area contributed by atoms with Gasteiger partial charge in [-0.05, 0) is 43.7 Å². The van der Waals surface area contributed by atoms with E-state index in [0.717, 1.165) is 12.8 Å². The molecule has 1 aromatic rings. The van der Waals surface area contributed by atoms with E-state index in [2.05, 4.69) is 56.8 Å². The summed E-state index contributed by atoms with van der Waals surface area (Å²) in [7, 11) is 0. The van der Waals surface area contributed by atoms with Gasteiger partial charge >= 0.3 is 0 Å². The van der Waals surface area contributed by atoms with E-state index in [1.807, 2.05) is 0 Å². The van der Waals surface area contributed by atoms with E-state index in [0.29, 0.717) is 0 Å². The molecule has 0 nitrogen and oxygen atoms in total. The third kappa shape index (κ3) is 7.00. The van der Waals surface area contributed by atoms with Crippen molar-refractivity contribution < 1.29 is 0 Å². The first-order valence-electron chi connectivity index (χ1n) is 7.64. The van der Waals surface area contributed by atoms with Gasteiger partial charge in [0.25, 0.3) is 0 Å². The molecule has 0 aliphatic heterocycles. The Labute approximate surface area is 119 Å². The van der Waals surface area contributed by atoms with Gasteiger partial charge < -0.3 is 0 Å². The summed E-state index contributed by atoms with van der Waals surface area (Å²) in [5.41, 5.74) is 3.83. The Morgan fingerprint density at radius 3 is 2.37 bits per heavy atom. The highest BCUT2D eigenvalue weighted by Crippen LogP contribution is 2.18. The molecule has 0 spiro atoms. The number of aryl methyl sites for hydroxylation is 1. The second kappa shape index (κ2) is 9.61. The van der Waals surface area contributed by atoms with E-state index >= 15 is 0 Å². The van der Waals surface area contributed by atoms with E-state index in [9.17, 15) is 0 Å². The van der Waals surface area contributed by atoms with Gasteiger partial charge in [0.05, 0.1) is 0 Å². The Balaban J connectivity index is 2.16. The van der Waals surface area contributed by atoms with Crippen molar-refractivity contribution in [2.45, 2.75) is 58.8 Å². The van der Waals surface area contributed by atoms with Crippen LogP contribution in [0.4, 0.5) is 0 Å². The highest BCUT2D eigenvalue weighted by atomic mass is 14.0. The summed E-state index contributed by atoms with van der Waals surface area (Å²) in [6.07, 6.45) is 13.5. The number of hydrogen-bond donors (Lipinski definition) is 0. The SMILES string of the molecule is C=C(CC/C=C/CCCCCC)c1ccc(C)cc1. The Bertz CT molecular complexity index is 381. The van der Waals surface area contributed by atoms with Gasteiger partial charge in [0, 0.05) is 0 Å². The first-order valence-corrected chi connectivity index (χ1v) is 7.64. The van der Waals surface area contributed by atoms with Crippen LogP contribution in [0.25, 0.3) is 5.57 Å². The van der Waals surface area contributed by atoms with E-state index in [4.69, 9.17) is 0 Å². The lowest BCUT2D eigenvalue weighted by atomic mass is 10.0. The molecule has 0 N–H and O–H groups in total. The maximum absolute atomic E-state index is 4.18. The standard InChI is InChI=1S/C19H28/c1-4-5-6-7-8-9-10-11-12-18(3)19-15-13-17(2)14-16-19/h9-10,13-16H,3-8,11-12H2,1-2H3/b10-9+. The summed E-state index contributed by atoms with van der Waals surface area (Å²) in [4.78, 5) is 0. The van der Waals surface area contributed by atoms with Crippen LogP contribution in [0, 0.1) is 6.92 Å². The summed E-state index contributed by atoms with van der Waals surface area (Å²) < 4.78 is 0. The summed E-state index contributed by atoms with van der Waals surface area (Å²) in [6.45, 7) is 8.55. The fourth-order valence-electron chi connectivity index (χ4n) is 2.12. The van der Waals surface area contributed by atoms with Gasteiger partial charge in [-0.25, -0.2) is 0 Å². The molecule has 1 aromatic carbocycles. The molecule has 0 aliphatic rings. The van der Waals surface area contributed by atoms with Gasteiger partial charge in [0.2, 0.25) is 0 Å². The van der Waals surface area contributed by atoms with Crippen LogP contribution in [0.3, 0.4) is 0 Å². The molecule has 0 saturated carbocycles. The maximum Gasteiger partial charge on any atom is -0.0230 e. The van der Waals surface area contributed by atoms with Crippen molar-refractivity contribution in [1.29, 1.82) is 0 Å². The molecule has 0 saturated heterocycles. The van der Waals surface area contributed by atoms with Crippen molar-refractivity contribution in [3.63, 3.8) is 0 Å². The molecule has 0 aromatic heterocycles. The molecule has 104 valence electrons. The zero-order chi connectivity index (χ0) is 13.9. The van der Waals surface area contributed by atoms with Crippen LogP contribution in [-0.4, -0.2) is 0 Å². The monoisotopic (exact) mass is 256 g/mol. The first-order chi connectivity index (χ1) is 9.24. The molecule has 19 heavy (non-hydrogen) atoms. The van der Waals surface area contributed by atoms with Crippen molar-refractivity contribution >= 4 is 5.57 Å². The predicted octanol–water partition coefficient (Wildman–Crippen LogP) is 6.32. The van der Waals surface area contributed by atoms with E-state index in [1.54, 1.807) is 0 Å². The molecule has 0 atom stereocenters. The second-order valence-corrected chi connectivity index (χ2v) is 5.33. The van der Waals surface area contributed by atoms with E-state index in [-0.39, 0.29) is 0 Å². The Hall–Kier alpha value is -1.30. The molecule has 0 unspecified atom stereocenters. The van der Waals surface area contributed by atoms with Gasteiger partial charge in [0.15, 0.2) is 0 Å². The van der Waals surface area contributed by atoms with E-state index < -0.39 is 0 Å². The van der Waals surface area contributed by atoms with Gasteiger partial charge in [-0.15, -0.1) is 0 Å². The lowest BCUT2D eigenvalue weighted by Gasteiger charge is -2.04. The van der Waals surface area contributed by atoms with Crippen molar-refractivity contribution in [3.8, 4) is 0 Å². The number of hydrogen-bond acceptors (Lipinski definition) is 0. The minimum absolute atomic E-state index is 1.06. The molecule has 0 fully saturated rings. The average molecular weight is 256 g/mol. The number of benzene rings is 1. The first kappa shape index (κ1) is 15.8. The summed E-state index contributed by atoms with van der Waals surface area (Å²) in [5, 5.41) is 0. The number of allylic oxidation sites excluding steroid dienone is 3. The van der Waals surface area contributed by atoms with Crippen molar-refractivity contribution in [3.05, 3.63) is 54.1 Å². The normalized spacial score (nSPS) is 11.1. The second-order valence-electron chi connectivity index (χ2n) is 5.33. The molecular weight excluding hydrogens is 228 g/mol. The highest BCUT2D eigenvalue weighted by molar-refractivity contribution is 5.63. The minimum Gasteiger partial charge on any atom is -0.0952 e. The summed E-state index contributed by atoms with van der Waals surface area (Å²) >= 11 is 0. The van der Waals surface area contributed by atoms with E-state index in [1.165, 1.54) is 48.8 Å². The quantitative estimate of drug-likeness (QED) is 0.358. The molecular formula is C19H28. The fraction of sp³-hybridized carbons (Fsp3) is 0.474. The van der Waals surface area contributed by atoms with Crippen LogP contribution in [0.1, 0.15) is 63.0 Å². The molecule has 0 heteroatoms. The predicted molar refractivity (Wildman–Crippen MR) is 87.3 cm³/mol. The summed E-state index contributed by atoms with van der Waals surface area (Å²) in [6, 6.07) is 8.66. The Morgan fingerprint density at radius 2 is 1.68 bits per heavy atom. The van der Waals surface area contributed by atoms with Gasteiger partial charge in [-0.3, -0.25) is 0 Å². The third-order valence-corrected chi connectivity index (χ3v) is 3.46.